The van der Waals surface area contributed by atoms with Gasteiger partial charge in [-0.2, -0.15) is 0 Å². The summed E-state index contributed by atoms with van der Waals surface area (Å²) in [6.07, 6.45) is 7.66. The Kier molecular flexibility index (Phi) is 17.7. The lowest BCUT2D eigenvalue weighted by Gasteiger charge is -2.32. The fraction of sp³-hybridized carbons (Fsp3) is 0.351. The average molecular weight is 1650 g/mol. The number of hydrogen-bond donors (Lipinski definition) is 0. The molecule has 6 aromatic heterocycles. The average Bonchev–Trinajstić information content (AvgIpc) is 1.47. The van der Waals surface area contributed by atoms with Crippen LogP contribution in [-0.2, 0) is 93.3 Å². The Morgan fingerprint density at radius 1 is 0.244 bits per heavy atom. The Morgan fingerprint density at radius 3 is 0.797 bits per heavy atom. The van der Waals surface area contributed by atoms with Gasteiger partial charge in [0.25, 0.3) is 0 Å². The molecule has 3 fully saturated rings. The highest BCUT2D eigenvalue weighted by Gasteiger charge is 2.52. The van der Waals surface area contributed by atoms with Crippen molar-refractivity contribution in [1.29, 1.82) is 0 Å². The molecule has 0 saturated heterocycles. The van der Waals surface area contributed by atoms with E-state index in [1.807, 2.05) is 266 Å². The van der Waals surface area contributed by atoms with Crippen molar-refractivity contribution in [1.82, 2.24) is 0 Å². The van der Waals surface area contributed by atoms with Gasteiger partial charge < -0.3 is 28.4 Å². The summed E-state index contributed by atoms with van der Waals surface area (Å²) in [5.74, 6) is 3.80. The molecule has 123 heavy (non-hydrogen) atoms. The molecule has 0 atom stereocenters. The van der Waals surface area contributed by atoms with Crippen LogP contribution < -0.4 is 55.8 Å². The van der Waals surface area contributed by atoms with Gasteiger partial charge in [-0.1, -0.05) is 103 Å². The monoisotopic (exact) mass is 1650 g/mol. The number of fused-ring (bicyclic) bond motifs is 7. The van der Waals surface area contributed by atoms with E-state index in [1.54, 1.807) is 38.1 Å². The normalized spacial score (nSPS) is 22.3. The molecular weight excluding hydrogens is 1510 g/mol. The molecule has 0 N–H and O–H groups in total. The lowest BCUT2D eigenvalue weighted by atomic mass is 9.82. The van der Waals surface area contributed by atoms with Crippen molar-refractivity contribution >= 4 is 0 Å². The number of nitrogens with zero attached hydrogens (tertiary/aromatic N) is 6. The van der Waals surface area contributed by atoms with Crippen LogP contribution in [-0.4, -0.2) is 34.6 Å². The van der Waals surface area contributed by atoms with E-state index in [-0.39, 0.29) is 29.0 Å². The highest BCUT2D eigenvalue weighted by molar-refractivity contribution is 5.78. The van der Waals surface area contributed by atoms with Crippen LogP contribution in [0.1, 0.15) is 184 Å². The van der Waals surface area contributed by atoms with E-state index in [4.69, 9.17) is 50.4 Å². The summed E-state index contributed by atoms with van der Waals surface area (Å²) in [4.78, 5) is 0. The molecule has 6 aliphatic heterocycles. The van der Waals surface area contributed by atoms with Gasteiger partial charge in [0.1, 0.15) is 105 Å². The van der Waals surface area contributed by atoms with Gasteiger partial charge in [-0.15, -0.1) is 0 Å². The summed E-state index contributed by atoms with van der Waals surface area (Å²) in [7, 11) is 11.9. The fourth-order valence-corrected chi connectivity index (χ4v) is 18.7. The first-order valence-corrected chi connectivity index (χ1v) is 43.4. The van der Waals surface area contributed by atoms with Crippen LogP contribution in [0.5, 0.6) is 34.5 Å². The summed E-state index contributed by atoms with van der Waals surface area (Å²) in [6, 6.07) is 65.0. The van der Waals surface area contributed by atoms with Crippen molar-refractivity contribution in [2.75, 3.05) is 6.61 Å². The molecule has 12 heterocycles. The summed E-state index contributed by atoms with van der Waals surface area (Å²) in [5, 5.41) is 0. The Bertz CT molecular complexity index is 6910. The van der Waals surface area contributed by atoms with Gasteiger partial charge in [0.05, 0.1) is 40.0 Å². The maximum Gasteiger partial charge on any atom is 0.216 e. The second kappa shape index (κ2) is 33.5. The lowest BCUT2D eigenvalue weighted by molar-refractivity contribution is -0.660. The summed E-state index contributed by atoms with van der Waals surface area (Å²) < 4.78 is 188. The minimum Gasteiger partial charge on any atom is -0.492 e. The van der Waals surface area contributed by atoms with Crippen LogP contribution >= 0.6 is 0 Å². The second-order valence-electron chi connectivity index (χ2n) is 34.8. The van der Waals surface area contributed by atoms with Gasteiger partial charge in [-0.3, -0.25) is 0 Å². The standard InChI is InChI=1S/C23H22NO.C20H24NO.C19H22NO.C17H18NO.C17H20NO.C15H16NO/c1-16-10-11-19-15-23(13-17-7-3-4-8-18(17)14-23)25-22(19)21(16)20-9-5-6-12-24(20)2;1-15-9-10-16-14-20(11-5-3-6-12-20)22-19(16)18(15)17-8-4-7-13-21(17)2;1-14-8-9-15-13-19(10-4-5-11-19)21-18(15)17(14)16-7-3-6-12-20(16)2;1-12-6-7-13-11-17(8-9-17)19-16(13)15(12)14-5-3-4-10-18(14)2;1-12-8-9-13-11-17(2,3)19-16(13)15(12)14-7-5-6-10-18(14)4;1-11-6-7-12-8-10-17-15(12)14(11)13-5-3-4-9-16(13)2/h3-12H,13-15H2,1-2H3;4,7-10,13H,3,5-6,11-12,14H2,1-2H3;3,6-9,12H,4-5,10-11,13H2,1-2H3;3-7,10H,8-9,11H2,1-2H3;5-10H,11H2,1-4H3;3-7,9H,8,10H2,1-2H3/q6*+1/i13D2,14D2,15D2;14D2;13D2;2*11D2;8D2. The predicted molar refractivity (Wildman–Crippen MR) is 487 cm³/mol. The van der Waals surface area contributed by atoms with E-state index in [9.17, 15) is 0 Å². The van der Waals surface area contributed by atoms with Gasteiger partial charge in [0.2, 0.25) is 34.2 Å². The zero-order valence-electron chi connectivity index (χ0n) is 89.2. The predicted octanol–water partition coefficient (Wildman–Crippen LogP) is 20.4. The molecule has 10 aliphatic rings. The third kappa shape index (κ3) is 16.3. The third-order valence-electron chi connectivity index (χ3n) is 25.2. The van der Waals surface area contributed by atoms with Crippen molar-refractivity contribution in [2.45, 2.75) is 205 Å². The molecule has 4 aliphatic carbocycles. The molecule has 23 rings (SSSR count). The molecule has 0 bridgehead atoms. The smallest absolute Gasteiger partial charge is 0.216 e. The number of rotatable bonds is 6. The Morgan fingerprint density at radius 2 is 0.488 bits per heavy atom. The first-order chi connectivity index (χ1) is 65.6. The molecule has 13 aromatic rings. The summed E-state index contributed by atoms with van der Waals surface area (Å²) >= 11 is 0. The Labute approximate surface area is 751 Å². The van der Waals surface area contributed by atoms with Crippen LogP contribution in [0.3, 0.4) is 0 Å². The number of ether oxygens (including phenoxy) is 6. The van der Waals surface area contributed by atoms with Gasteiger partial charge in [0, 0.05) is 146 Å². The van der Waals surface area contributed by atoms with E-state index in [2.05, 4.69) is 52.7 Å². The van der Waals surface area contributed by atoms with E-state index in [1.165, 1.54) is 18.6 Å². The number of aromatic nitrogens is 6. The van der Waals surface area contributed by atoms with Crippen molar-refractivity contribution in [2.24, 2.45) is 42.3 Å². The van der Waals surface area contributed by atoms with Gasteiger partial charge >= 0.3 is 0 Å². The number of benzene rings is 7. The second-order valence-corrected chi connectivity index (χ2v) is 34.8. The Hall–Kier alpha value is -11.8. The molecule has 0 amide bonds. The maximum absolute atomic E-state index is 9.04. The SMILES string of the molecule is [2H]C1([2H])COc2c1ccc(C)c2-c1cccc[n+]1C.[2H]C1([2H])c2ccc(C)c(-c3cccc[n+]3C)c2OC1(C)C.[2H]C1([2H])c2ccc(C)c(-c3cccc[n+]3C)c2OC12CC2.[2H]C1([2H])c2ccc(C)c(-c3cccc[n+]3C)c2OC12CCCC2.[2H]C1([2H])c2ccc(C)c(-c3cccc[n+]3C)c2OC12CCCCC2.[2H]C1([2H])c2ccccc2C([2H])([2H])C12Oc1c(ccc(C)c1-c1cccc[n+]1C)C2([2H])[2H]. The fourth-order valence-electron chi connectivity index (χ4n) is 18.7. The number of aryl methyl sites for hydroxylation is 12. The van der Waals surface area contributed by atoms with Gasteiger partial charge in [0.15, 0.2) is 37.2 Å². The lowest BCUT2D eigenvalue weighted by Crippen LogP contribution is -2.36. The van der Waals surface area contributed by atoms with E-state index in [0.29, 0.717) is 44.9 Å². The van der Waals surface area contributed by atoms with E-state index >= 15 is 0 Å². The molecule has 0 radical (unpaired) electrons. The van der Waals surface area contributed by atoms with Crippen molar-refractivity contribution in [3.63, 3.8) is 0 Å². The molecular formula is C111H122N6O6+6. The van der Waals surface area contributed by atoms with Crippen LogP contribution in [0.15, 0.2) is 243 Å². The van der Waals surface area contributed by atoms with Crippen LogP contribution in [0.4, 0.5) is 0 Å². The topological polar surface area (TPSA) is 78.7 Å². The zero-order valence-corrected chi connectivity index (χ0v) is 73.2. The summed E-state index contributed by atoms with van der Waals surface area (Å²) in [6.45, 7) is 15.9. The van der Waals surface area contributed by atoms with E-state index in [0.717, 1.165) is 177 Å². The molecule has 12 heteroatoms. The number of hydrogen-bond acceptors (Lipinski definition) is 6. The van der Waals surface area contributed by atoms with Crippen LogP contribution in [0, 0.1) is 41.5 Å². The minimum absolute atomic E-state index is 0.0926. The molecule has 0 unspecified atom stereocenters. The quantitative estimate of drug-likeness (QED) is 0.154. The molecule has 7 aromatic carbocycles. The van der Waals surface area contributed by atoms with Crippen molar-refractivity contribution in [3.05, 3.63) is 321 Å². The zero-order chi connectivity index (χ0) is 99.5. The van der Waals surface area contributed by atoms with Crippen molar-refractivity contribution in [3.8, 4) is 102 Å². The van der Waals surface area contributed by atoms with Crippen LogP contribution in [0.25, 0.3) is 67.5 Å². The third-order valence-corrected chi connectivity index (χ3v) is 25.2. The molecule has 3 saturated carbocycles. The highest BCUT2D eigenvalue weighted by Crippen LogP contribution is 2.55. The van der Waals surface area contributed by atoms with Gasteiger partial charge in [-0.05, 0) is 234 Å². The minimum atomic E-state index is -2.43. The van der Waals surface area contributed by atoms with E-state index < -0.39 is 79.0 Å². The number of pyridine rings is 6. The van der Waals surface area contributed by atoms with Crippen LogP contribution in [0.2, 0.25) is 0 Å². The first-order valence-electron chi connectivity index (χ1n) is 51.4. The molecule has 626 valence electrons. The maximum atomic E-state index is 9.04. The molecule has 12 nitrogen and oxygen atoms in total. The largest absolute Gasteiger partial charge is 0.492 e. The van der Waals surface area contributed by atoms with Crippen molar-refractivity contribution < 1.29 is 77.8 Å². The highest BCUT2D eigenvalue weighted by atomic mass is 16.5. The molecule has 4 spiro atoms. The Balaban J connectivity index is 0.000000111. The first kappa shape index (κ1) is 65.0. The summed E-state index contributed by atoms with van der Waals surface area (Å²) in [5.41, 5.74) is 16.7. The van der Waals surface area contributed by atoms with Gasteiger partial charge in [-0.25, -0.2) is 27.4 Å².